The fourth-order valence-electron chi connectivity index (χ4n) is 4.09. The summed E-state index contributed by atoms with van der Waals surface area (Å²) in [4.78, 5) is 0. The lowest BCUT2D eigenvalue weighted by Gasteiger charge is -2.28. The van der Waals surface area contributed by atoms with Crippen LogP contribution in [0.3, 0.4) is 0 Å². The smallest absolute Gasteiger partial charge is 0.0406 e. The molecule has 24 heavy (non-hydrogen) atoms. The highest BCUT2D eigenvalue weighted by molar-refractivity contribution is 6.30. The lowest BCUT2D eigenvalue weighted by atomic mass is 9.78. The lowest BCUT2D eigenvalue weighted by Crippen LogP contribution is -2.15. The number of benzene rings is 2. The van der Waals surface area contributed by atoms with Crippen LogP contribution >= 0.6 is 11.6 Å². The minimum Gasteiger partial charge on any atom is -0.0843 e. The topological polar surface area (TPSA) is 0 Å². The van der Waals surface area contributed by atoms with Crippen molar-refractivity contribution in [3.05, 3.63) is 59.1 Å². The molecule has 0 nitrogen and oxygen atoms in total. The standard InChI is InChI=1S/C23H29Cl/c1-2-3-18-4-6-19(7-5-18)8-9-20-10-12-21(13-11-20)22-14-16-23(24)17-15-22/h10-19H,2-9H2,1H3/t18-,19-. The van der Waals surface area contributed by atoms with Crippen molar-refractivity contribution in [2.45, 2.75) is 58.3 Å². The highest BCUT2D eigenvalue weighted by Gasteiger charge is 2.20. The first kappa shape index (κ1) is 17.5. The Morgan fingerprint density at radius 3 is 1.79 bits per heavy atom. The van der Waals surface area contributed by atoms with E-state index in [1.807, 2.05) is 12.1 Å². The molecule has 1 fully saturated rings. The van der Waals surface area contributed by atoms with E-state index in [0.29, 0.717) is 0 Å². The summed E-state index contributed by atoms with van der Waals surface area (Å²) in [5.41, 5.74) is 3.99. The molecule has 0 atom stereocenters. The van der Waals surface area contributed by atoms with Gasteiger partial charge in [0.25, 0.3) is 0 Å². The molecule has 0 heterocycles. The van der Waals surface area contributed by atoms with Crippen molar-refractivity contribution in [1.82, 2.24) is 0 Å². The third-order valence-corrected chi connectivity index (χ3v) is 5.89. The molecule has 0 spiro atoms. The van der Waals surface area contributed by atoms with Gasteiger partial charge in [0.05, 0.1) is 0 Å². The van der Waals surface area contributed by atoms with Crippen LogP contribution in [0.5, 0.6) is 0 Å². The Kier molecular flexibility index (Phi) is 6.37. The van der Waals surface area contributed by atoms with E-state index in [1.165, 1.54) is 68.1 Å². The van der Waals surface area contributed by atoms with Gasteiger partial charge in [0, 0.05) is 5.02 Å². The normalized spacial score (nSPS) is 20.9. The van der Waals surface area contributed by atoms with Crippen LogP contribution in [0.1, 0.15) is 57.4 Å². The van der Waals surface area contributed by atoms with Crippen molar-refractivity contribution in [1.29, 1.82) is 0 Å². The van der Waals surface area contributed by atoms with Crippen molar-refractivity contribution in [2.24, 2.45) is 11.8 Å². The summed E-state index contributed by atoms with van der Waals surface area (Å²) in [7, 11) is 0. The van der Waals surface area contributed by atoms with Gasteiger partial charge >= 0.3 is 0 Å². The van der Waals surface area contributed by atoms with Crippen LogP contribution in [0, 0.1) is 11.8 Å². The molecule has 1 aliphatic rings. The summed E-state index contributed by atoms with van der Waals surface area (Å²) >= 11 is 5.97. The van der Waals surface area contributed by atoms with Gasteiger partial charge in [-0.1, -0.05) is 93.4 Å². The highest BCUT2D eigenvalue weighted by atomic mass is 35.5. The fourth-order valence-corrected chi connectivity index (χ4v) is 4.22. The number of hydrogen-bond donors (Lipinski definition) is 0. The average molecular weight is 341 g/mol. The Hall–Kier alpha value is -1.27. The van der Waals surface area contributed by atoms with Crippen LogP contribution in [-0.2, 0) is 6.42 Å². The molecule has 3 rings (SSSR count). The third kappa shape index (κ3) is 4.86. The van der Waals surface area contributed by atoms with E-state index in [-0.39, 0.29) is 0 Å². The van der Waals surface area contributed by atoms with Gasteiger partial charge in [-0.2, -0.15) is 0 Å². The maximum absolute atomic E-state index is 5.97. The highest BCUT2D eigenvalue weighted by Crippen LogP contribution is 2.34. The second kappa shape index (κ2) is 8.72. The van der Waals surface area contributed by atoms with Gasteiger partial charge in [0.2, 0.25) is 0 Å². The molecule has 0 aliphatic heterocycles. The predicted octanol–water partition coefficient (Wildman–Crippen LogP) is 7.55. The SMILES string of the molecule is CCC[C@H]1CC[C@H](CCc2ccc(-c3ccc(Cl)cc3)cc2)CC1. The van der Waals surface area contributed by atoms with E-state index in [0.717, 1.165) is 16.9 Å². The Morgan fingerprint density at radius 1 is 0.750 bits per heavy atom. The van der Waals surface area contributed by atoms with Gasteiger partial charge in [-0.25, -0.2) is 0 Å². The van der Waals surface area contributed by atoms with Crippen molar-refractivity contribution in [2.75, 3.05) is 0 Å². The molecular formula is C23H29Cl. The van der Waals surface area contributed by atoms with E-state index >= 15 is 0 Å². The van der Waals surface area contributed by atoms with E-state index in [4.69, 9.17) is 11.6 Å². The second-order valence-electron chi connectivity index (χ2n) is 7.42. The van der Waals surface area contributed by atoms with Gasteiger partial charge in [-0.05, 0) is 53.5 Å². The minimum absolute atomic E-state index is 0.795. The predicted molar refractivity (Wildman–Crippen MR) is 106 cm³/mol. The third-order valence-electron chi connectivity index (χ3n) is 5.64. The first-order chi connectivity index (χ1) is 11.7. The van der Waals surface area contributed by atoms with Crippen LogP contribution in [0.4, 0.5) is 0 Å². The molecule has 0 bridgehead atoms. The minimum atomic E-state index is 0.795. The lowest BCUT2D eigenvalue weighted by molar-refractivity contribution is 0.252. The van der Waals surface area contributed by atoms with Gasteiger partial charge in [0.1, 0.15) is 0 Å². The summed E-state index contributed by atoms with van der Waals surface area (Å²) < 4.78 is 0. The fraction of sp³-hybridized carbons (Fsp3) is 0.478. The molecule has 1 aliphatic carbocycles. The molecule has 1 heteroatoms. The number of hydrogen-bond acceptors (Lipinski definition) is 0. The van der Waals surface area contributed by atoms with Crippen LogP contribution < -0.4 is 0 Å². The Balaban J connectivity index is 1.49. The first-order valence-corrected chi connectivity index (χ1v) is 9.97. The second-order valence-corrected chi connectivity index (χ2v) is 7.85. The maximum atomic E-state index is 5.97. The summed E-state index contributed by atoms with van der Waals surface area (Å²) in [5.74, 6) is 1.97. The van der Waals surface area contributed by atoms with Crippen LogP contribution in [0.15, 0.2) is 48.5 Å². The average Bonchev–Trinajstić information content (AvgIpc) is 2.63. The summed E-state index contributed by atoms with van der Waals surface area (Å²) in [6.45, 7) is 2.32. The van der Waals surface area contributed by atoms with Crippen LogP contribution in [0.25, 0.3) is 11.1 Å². The van der Waals surface area contributed by atoms with Crippen LogP contribution in [0.2, 0.25) is 5.02 Å². The zero-order valence-electron chi connectivity index (χ0n) is 14.8. The zero-order chi connectivity index (χ0) is 16.8. The monoisotopic (exact) mass is 340 g/mol. The number of halogens is 1. The molecular weight excluding hydrogens is 312 g/mol. The molecule has 2 aromatic carbocycles. The van der Waals surface area contributed by atoms with Crippen molar-refractivity contribution < 1.29 is 0 Å². The molecule has 0 radical (unpaired) electrons. The van der Waals surface area contributed by atoms with Crippen LogP contribution in [-0.4, -0.2) is 0 Å². The molecule has 0 saturated heterocycles. The van der Waals surface area contributed by atoms with Gasteiger partial charge in [-0.3, -0.25) is 0 Å². The molecule has 0 amide bonds. The molecule has 1 saturated carbocycles. The summed E-state index contributed by atoms with van der Waals surface area (Å²) in [6.07, 6.45) is 11.2. The Morgan fingerprint density at radius 2 is 1.25 bits per heavy atom. The Labute approximate surface area is 152 Å². The largest absolute Gasteiger partial charge is 0.0843 e. The van der Waals surface area contributed by atoms with Gasteiger partial charge in [-0.15, -0.1) is 0 Å². The first-order valence-electron chi connectivity index (χ1n) is 9.59. The molecule has 128 valence electrons. The van der Waals surface area contributed by atoms with Crippen molar-refractivity contribution >= 4 is 11.6 Å². The molecule has 0 aromatic heterocycles. The van der Waals surface area contributed by atoms with E-state index < -0.39 is 0 Å². The molecule has 0 unspecified atom stereocenters. The van der Waals surface area contributed by atoms with Gasteiger partial charge < -0.3 is 0 Å². The summed E-state index contributed by atoms with van der Waals surface area (Å²) in [6, 6.07) is 17.2. The summed E-state index contributed by atoms with van der Waals surface area (Å²) in [5, 5.41) is 0.795. The van der Waals surface area contributed by atoms with E-state index in [2.05, 4.69) is 43.3 Å². The molecule has 2 aromatic rings. The van der Waals surface area contributed by atoms with E-state index in [1.54, 1.807) is 0 Å². The zero-order valence-corrected chi connectivity index (χ0v) is 15.6. The van der Waals surface area contributed by atoms with Gasteiger partial charge in [0.15, 0.2) is 0 Å². The maximum Gasteiger partial charge on any atom is 0.0406 e. The number of rotatable bonds is 6. The quantitative estimate of drug-likeness (QED) is 0.509. The van der Waals surface area contributed by atoms with E-state index in [9.17, 15) is 0 Å². The Bertz CT molecular complexity index is 603. The van der Waals surface area contributed by atoms with Crippen molar-refractivity contribution in [3.8, 4) is 11.1 Å². The van der Waals surface area contributed by atoms with Crippen molar-refractivity contribution in [3.63, 3.8) is 0 Å². The number of aryl methyl sites for hydroxylation is 1. The molecule has 0 N–H and O–H groups in total.